The van der Waals surface area contributed by atoms with E-state index in [0.29, 0.717) is 0 Å². The third kappa shape index (κ3) is 1.99. The number of piperazine rings is 1. The molecule has 78 valence electrons. The summed E-state index contributed by atoms with van der Waals surface area (Å²) in [6, 6.07) is 0. The summed E-state index contributed by atoms with van der Waals surface area (Å²) in [5.74, 6) is 0. The van der Waals surface area contributed by atoms with E-state index in [9.17, 15) is 5.11 Å². The first-order valence-corrected chi connectivity index (χ1v) is 5.38. The predicted molar refractivity (Wildman–Crippen MR) is 56.9 cm³/mol. The maximum absolute atomic E-state index is 9.24. The predicted octanol–water partition coefficient (Wildman–Crippen LogP) is 0.488. The second kappa shape index (κ2) is 4.62. The quantitative estimate of drug-likeness (QED) is 0.671. The van der Waals surface area contributed by atoms with Crippen molar-refractivity contribution in [2.24, 2.45) is 0 Å². The highest BCUT2D eigenvalue weighted by Crippen LogP contribution is 2.21. The van der Waals surface area contributed by atoms with Crippen molar-refractivity contribution in [1.82, 2.24) is 10.2 Å². The number of rotatable bonds is 2. The van der Waals surface area contributed by atoms with Crippen LogP contribution in [0.2, 0.25) is 0 Å². The normalized spacial score (nSPS) is 23.1. The minimum absolute atomic E-state index is 0.176. The van der Waals surface area contributed by atoms with Gasteiger partial charge in [0.25, 0.3) is 0 Å². The number of aliphatic hydroxyl groups is 1. The van der Waals surface area contributed by atoms with Crippen molar-refractivity contribution in [3.8, 4) is 0 Å². The van der Waals surface area contributed by atoms with E-state index in [4.69, 9.17) is 0 Å². The summed E-state index contributed by atoms with van der Waals surface area (Å²) >= 11 is 0. The van der Waals surface area contributed by atoms with Crippen LogP contribution in [0.25, 0.3) is 0 Å². The van der Waals surface area contributed by atoms with E-state index in [1.807, 2.05) is 0 Å². The van der Waals surface area contributed by atoms with Gasteiger partial charge in [0.1, 0.15) is 0 Å². The van der Waals surface area contributed by atoms with Gasteiger partial charge in [-0.1, -0.05) is 12.2 Å². The van der Waals surface area contributed by atoms with Gasteiger partial charge < -0.3 is 15.3 Å². The fourth-order valence-electron chi connectivity index (χ4n) is 2.10. The van der Waals surface area contributed by atoms with Gasteiger partial charge in [-0.25, -0.2) is 0 Å². The SMILES string of the molecule is OCC1=CCCC=C1N1CCNCC1. The van der Waals surface area contributed by atoms with Gasteiger partial charge in [-0.15, -0.1) is 0 Å². The van der Waals surface area contributed by atoms with Gasteiger partial charge in [0.2, 0.25) is 0 Å². The van der Waals surface area contributed by atoms with Crippen molar-refractivity contribution in [2.45, 2.75) is 12.8 Å². The smallest absolute Gasteiger partial charge is 0.0698 e. The maximum Gasteiger partial charge on any atom is 0.0698 e. The second-order valence-electron chi connectivity index (χ2n) is 3.79. The zero-order valence-corrected chi connectivity index (χ0v) is 8.50. The second-order valence-corrected chi connectivity index (χ2v) is 3.79. The minimum atomic E-state index is 0.176. The number of hydrogen-bond acceptors (Lipinski definition) is 3. The summed E-state index contributed by atoms with van der Waals surface area (Å²) in [4.78, 5) is 2.37. The molecule has 14 heavy (non-hydrogen) atoms. The van der Waals surface area contributed by atoms with Crippen LogP contribution in [0, 0.1) is 0 Å². The zero-order chi connectivity index (χ0) is 9.80. The van der Waals surface area contributed by atoms with Gasteiger partial charge in [-0.3, -0.25) is 0 Å². The van der Waals surface area contributed by atoms with E-state index in [2.05, 4.69) is 22.4 Å². The molecule has 2 N–H and O–H groups in total. The summed E-state index contributed by atoms with van der Waals surface area (Å²) in [5.41, 5.74) is 2.37. The molecule has 0 aromatic rings. The van der Waals surface area contributed by atoms with Crippen LogP contribution >= 0.6 is 0 Å². The molecular formula is C11H18N2O. The largest absolute Gasteiger partial charge is 0.392 e. The molecule has 0 amide bonds. The molecule has 2 rings (SSSR count). The fourth-order valence-corrected chi connectivity index (χ4v) is 2.10. The molecule has 0 spiro atoms. The molecule has 1 saturated heterocycles. The Labute approximate surface area is 85.1 Å². The molecular weight excluding hydrogens is 176 g/mol. The van der Waals surface area contributed by atoms with Crippen LogP contribution in [0.4, 0.5) is 0 Å². The lowest BCUT2D eigenvalue weighted by atomic mass is 10.0. The van der Waals surface area contributed by atoms with Crippen LogP contribution < -0.4 is 5.32 Å². The number of aliphatic hydroxyl groups excluding tert-OH is 1. The fraction of sp³-hybridized carbons (Fsp3) is 0.636. The van der Waals surface area contributed by atoms with Crippen molar-refractivity contribution in [3.63, 3.8) is 0 Å². The van der Waals surface area contributed by atoms with E-state index in [1.165, 1.54) is 5.70 Å². The van der Waals surface area contributed by atoms with Crippen LogP contribution in [-0.4, -0.2) is 42.8 Å². The van der Waals surface area contributed by atoms with Gasteiger partial charge in [0.05, 0.1) is 6.61 Å². The molecule has 0 radical (unpaired) electrons. The first-order valence-electron chi connectivity index (χ1n) is 5.38. The molecule has 3 nitrogen and oxygen atoms in total. The third-order valence-corrected chi connectivity index (χ3v) is 2.85. The number of hydrogen-bond donors (Lipinski definition) is 2. The number of nitrogens with one attached hydrogen (secondary N) is 1. The molecule has 0 unspecified atom stereocenters. The Bertz CT molecular complexity index is 252. The van der Waals surface area contributed by atoms with Crippen molar-refractivity contribution >= 4 is 0 Å². The van der Waals surface area contributed by atoms with Crippen molar-refractivity contribution < 1.29 is 5.11 Å². The first-order chi connectivity index (χ1) is 6.92. The van der Waals surface area contributed by atoms with Crippen LogP contribution in [0.1, 0.15) is 12.8 Å². The van der Waals surface area contributed by atoms with Gasteiger partial charge in [-0.2, -0.15) is 0 Å². The van der Waals surface area contributed by atoms with E-state index in [0.717, 1.165) is 44.6 Å². The highest BCUT2D eigenvalue weighted by molar-refractivity contribution is 5.33. The molecule has 0 atom stereocenters. The Kier molecular flexibility index (Phi) is 3.22. The highest BCUT2D eigenvalue weighted by Gasteiger charge is 2.17. The van der Waals surface area contributed by atoms with Gasteiger partial charge in [-0.05, 0) is 18.4 Å². The van der Waals surface area contributed by atoms with Gasteiger partial charge in [0.15, 0.2) is 0 Å². The molecule has 0 aromatic heterocycles. The summed E-state index contributed by atoms with van der Waals surface area (Å²) in [7, 11) is 0. The topological polar surface area (TPSA) is 35.5 Å². The average molecular weight is 194 g/mol. The Morgan fingerprint density at radius 3 is 2.64 bits per heavy atom. The summed E-state index contributed by atoms with van der Waals surface area (Å²) < 4.78 is 0. The molecule has 0 aromatic carbocycles. The Hall–Kier alpha value is -0.800. The molecule has 1 aliphatic heterocycles. The van der Waals surface area contributed by atoms with Gasteiger partial charge in [0, 0.05) is 31.9 Å². The van der Waals surface area contributed by atoms with Crippen molar-refractivity contribution in [2.75, 3.05) is 32.8 Å². The molecule has 2 aliphatic rings. The van der Waals surface area contributed by atoms with Crippen LogP contribution in [-0.2, 0) is 0 Å². The van der Waals surface area contributed by atoms with E-state index >= 15 is 0 Å². The Morgan fingerprint density at radius 1 is 1.21 bits per heavy atom. The molecule has 0 bridgehead atoms. The molecule has 3 heteroatoms. The number of allylic oxidation sites excluding steroid dienone is 2. The minimum Gasteiger partial charge on any atom is -0.392 e. The lowest BCUT2D eigenvalue weighted by Gasteiger charge is -2.33. The lowest BCUT2D eigenvalue weighted by Crippen LogP contribution is -2.43. The molecule has 1 aliphatic carbocycles. The van der Waals surface area contributed by atoms with Crippen molar-refractivity contribution in [1.29, 1.82) is 0 Å². The Balaban J connectivity index is 2.07. The van der Waals surface area contributed by atoms with E-state index in [-0.39, 0.29) is 6.61 Å². The molecule has 1 fully saturated rings. The lowest BCUT2D eigenvalue weighted by molar-refractivity contribution is 0.281. The molecule has 1 heterocycles. The number of nitrogens with zero attached hydrogens (tertiary/aromatic N) is 1. The van der Waals surface area contributed by atoms with E-state index < -0.39 is 0 Å². The van der Waals surface area contributed by atoms with Gasteiger partial charge >= 0.3 is 0 Å². The zero-order valence-electron chi connectivity index (χ0n) is 8.50. The molecule has 0 saturated carbocycles. The van der Waals surface area contributed by atoms with Crippen molar-refractivity contribution in [3.05, 3.63) is 23.4 Å². The summed E-state index contributed by atoms with van der Waals surface area (Å²) in [6.07, 6.45) is 6.61. The first kappa shape index (κ1) is 9.74. The van der Waals surface area contributed by atoms with Crippen LogP contribution in [0.15, 0.2) is 23.4 Å². The van der Waals surface area contributed by atoms with Crippen LogP contribution in [0.5, 0.6) is 0 Å². The summed E-state index contributed by atoms with van der Waals surface area (Å²) in [6.45, 7) is 4.40. The highest BCUT2D eigenvalue weighted by atomic mass is 16.3. The monoisotopic (exact) mass is 194 g/mol. The summed E-state index contributed by atoms with van der Waals surface area (Å²) in [5, 5.41) is 12.6. The average Bonchev–Trinajstić information content (AvgIpc) is 2.30. The van der Waals surface area contributed by atoms with E-state index in [1.54, 1.807) is 0 Å². The maximum atomic E-state index is 9.24. The Morgan fingerprint density at radius 2 is 1.93 bits per heavy atom. The third-order valence-electron chi connectivity index (χ3n) is 2.85. The van der Waals surface area contributed by atoms with Crippen LogP contribution in [0.3, 0.4) is 0 Å². The standard InChI is InChI=1S/C11H18N2O/c14-9-10-3-1-2-4-11(10)13-7-5-12-6-8-13/h3-4,12,14H,1-2,5-9H2.